The van der Waals surface area contributed by atoms with Crippen LogP contribution in [0.1, 0.15) is 13.8 Å². The van der Waals surface area contributed by atoms with Crippen LogP contribution in [0.3, 0.4) is 0 Å². The minimum absolute atomic E-state index is 0.0509. The molecular formula is C4H8O2S. The summed E-state index contributed by atoms with van der Waals surface area (Å²) in [5, 5.41) is -0.519. The lowest BCUT2D eigenvalue weighted by Crippen LogP contribution is -2.03. The van der Waals surface area contributed by atoms with Gasteiger partial charge in [0, 0.05) is 0 Å². The van der Waals surface area contributed by atoms with Gasteiger partial charge in [-0.1, -0.05) is 12.6 Å². The lowest BCUT2D eigenvalue weighted by Gasteiger charge is -2.00. The first-order chi connectivity index (χ1) is 3.13. The first-order valence-corrected chi connectivity index (χ1v) is 2.47. The predicted molar refractivity (Wildman–Crippen MR) is 30.6 cm³/mol. The van der Waals surface area contributed by atoms with Crippen LogP contribution < -0.4 is 0 Å². The zero-order valence-electron chi connectivity index (χ0n) is 4.34. The van der Waals surface area contributed by atoms with E-state index in [4.69, 9.17) is 0 Å². The smallest absolute Gasteiger partial charge is 0.364 e. The summed E-state index contributed by atoms with van der Waals surface area (Å²) in [4.78, 5) is 9.90. The Morgan fingerprint density at radius 3 is 2.14 bits per heavy atom. The molecule has 0 heterocycles. The fourth-order valence-corrected chi connectivity index (χ4v) is 0.412. The van der Waals surface area contributed by atoms with Crippen molar-refractivity contribution in [3.63, 3.8) is 0 Å². The van der Waals surface area contributed by atoms with Gasteiger partial charge in [0.2, 0.25) is 0 Å². The van der Waals surface area contributed by atoms with E-state index in [1.807, 2.05) is 0 Å². The lowest BCUT2D eigenvalue weighted by molar-refractivity contribution is 0.143. The van der Waals surface area contributed by atoms with Gasteiger partial charge in [-0.2, -0.15) is 0 Å². The van der Waals surface area contributed by atoms with Crippen LogP contribution in [0, 0.1) is 0 Å². The highest BCUT2D eigenvalue weighted by Gasteiger charge is 1.94. The summed E-state index contributed by atoms with van der Waals surface area (Å²) in [5.41, 5.74) is 0. The molecule has 0 aliphatic carbocycles. The molecule has 0 aliphatic heterocycles. The average molecular weight is 120 g/mol. The van der Waals surface area contributed by atoms with Crippen molar-refractivity contribution in [2.24, 2.45) is 0 Å². The molecule has 0 saturated heterocycles. The van der Waals surface area contributed by atoms with Gasteiger partial charge >= 0.3 is 5.30 Å². The number of hydrogen-bond acceptors (Lipinski definition) is 2. The molecule has 0 bridgehead atoms. The van der Waals surface area contributed by atoms with E-state index in [1.165, 1.54) is 0 Å². The van der Waals surface area contributed by atoms with E-state index < -0.39 is 5.30 Å². The van der Waals surface area contributed by atoms with Crippen LogP contribution in [0.25, 0.3) is 0 Å². The molecule has 0 radical (unpaired) electrons. The normalized spacial score (nSPS) is 9.14. The molecule has 0 aromatic heterocycles. The van der Waals surface area contributed by atoms with Crippen molar-refractivity contribution in [1.82, 2.24) is 0 Å². The summed E-state index contributed by atoms with van der Waals surface area (Å²) < 4.78 is 4.48. The van der Waals surface area contributed by atoms with Gasteiger partial charge in [0.1, 0.15) is 0 Å². The molecule has 0 N–H and O–H groups in total. The van der Waals surface area contributed by atoms with E-state index in [0.29, 0.717) is 0 Å². The van der Waals surface area contributed by atoms with Crippen LogP contribution >= 0.6 is 12.6 Å². The molecule has 2 nitrogen and oxygen atoms in total. The van der Waals surface area contributed by atoms with Crippen molar-refractivity contribution in [2.75, 3.05) is 0 Å². The Labute approximate surface area is 48.3 Å². The standard InChI is InChI=1S/C4H8O2S/c1-3(2)6-4(5)7/h3H,1-2H3,(H,5,7). The number of carbonyl (C=O) groups is 1. The van der Waals surface area contributed by atoms with Crippen LogP contribution in [0.4, 0.5) is 4.79 Å². The molecule has 0 rings (SSSR count). The first-order valence-electron chi connectivity index (χ1n) is 2.02. The summed E-state index contributed by atoms with van der Waals surface area (Å²) in [5.74, 6) is 0. The van der Waals surface area contributed by atoms with Gasteiger partial charge in [0.05, 0.1) is 6.10 Å². The topological polar surface area (TPSA) is 26.3 Å². The molecule has 42 valence electrons. The van der Waals surface area contributed by atoms with E-state index in [-0.39, 0.29) is 6.10 Å². The van der Waals surface area contributed by atoms with E-state index in [0.717, 1.165) is 0 Å². The van der Waals surface area contributed by atoms with Crippen LogP contribution in [0.5, 0.6) is 0 Å². The third-order valence-corrected chi connectivity index (χ3v) is 0.442. The Bertz CT molecular complexity index is 70.1. The maximum atomic E-state index is 9.90. The second kappa shape index (κ2) is 2.91. The minimum Gasteiger partial charge on any atom is -0.455 e. The average Bonchev–Trinajstić information content (AvgIpc) is 1.27. The van der Waals surface area contributed by atoms with E-state index >= 15 is 0 Å². The molecule has 0 spiro atoms. The number of carbonyl (C=O) groups excluding carboxylic acids is 1. The van der Waals surface area contributed by atoms with Crippen molar-refractivity contribution in [2.45, 2.75) is 20.0 Å². The van der Waals surface area contributed by atoms with E-state index in [2.05, 4.69) is 17.4 Å². The third-order valence-electron chi connectivity index (χ3n) is 0.337. The molecule has 0 fully saturated rings. The van der Waals surface area contributed by atoms with Gasteiger partial charge in [-0.25, -0.2) is 4.79 Å². The van der Waals surface area contributed by atoms with Crippen molar-refractivity contribution < 1.29 is 9.53 Å². The van der Waals surface area contributed by atoms with E-state index in [1.54, 1.807) is 13.8 Å². The van der Waals surface area contributed by atoms with Crippen molar-refractivity contribution in [1.29, 1.82) is 0 Å². The molecule has 3 heteroatoms. The van der Waals surface area contributed by atoms with Crippen LogP contribution in [0.15, 0.2) is 0 Å². The highest BCUT2D eigenvalue weighted by molar-refractivity contribution is 7.96. The number of rotatable bonds is 1. The predicted octanol–water partition coefficient (Wildman–Crippen LogP) is 1.46. The van der Waals surface area contributed by atoms with Crippen LogP contribution in [-0.2, 0) is 4.74 Å². The van der Waals surface area contributed by atoms with Crippen LogP contribution in [0.2, 0.25) is 0 Å². The molecule has 0 aromatic carbocycles. The van der Waals surface area contributed by atoms with Crippen molar-refractivity contribution in [3.8, 4) is 0 Å². The van der Waals surface area contributed by atoms with Crippen molar-refractivity contribution >= 4 is 17.9 Å². The zero-order valence-corrected chi connectivity index (χ0v) is 5.24. The Hall–Kier alpha value is -0.180. The van der Waals surface area contributed by atoms with Crippen molar-refractivity contribution in [3.05, 3.63) is 0 Å². The maximum absolute atomic E-state index is 9.90. The molecule has 0 amide bonds. The Morgan fingerprint density at radius 2 is 2.14 bits per heavy atom. The largest absolute Gasteiger partial charge is 0.455 e. The molecule has 0 aromatic rings. The summed E-state index contributed by atoms with van der Waals surface area (Å²) in [6.07, 6.45) is -0.0509. The Morgan fingerprint density at radius 1 is 1.71 bits per heavy atom. The monoisotopic (exact) mass is 120 g/mol. The molecule has 0 aliphatic rings. The van der Waals surface area contributed by atoms with Gasteiger partial charge in [-0.3, -0.25) is 0 Å². The highest BCUT2D eigenvalue weighted by Crippen LogP contribution is 1.91. The minimum atomic E-state index is -0.519. The molecule has 7 heavy (non-hydrogen) atoms. The summed E-state index contributed by atoms with van der Waals surface area (Å²) in [6.45, 7) is 3.54. The second-order valence-corrected chi connectivity index (χ2v) is 1.80. The van der Waals surface area contributed by atoms with Gasteiger partial charge < -0.3 is 4.74 Å². The zero-order chi connectivity index (χ0) is 5.86. The second-order valence-electron chi connectivity index (χ2n) is 1.43. The molecule has 0 atom stereocenters. The van der Waals surface area contributed by atoms with Gasteiger partial charge in [-0.15, -0.1) is 0 Å². The summed E-state index contributed by atoms with van der Waals surface area (Å²) >= 11 is 3.38. The quantitative estimate of drug-likeness (QED) is 0.419. The lowest BCUT2D eigenvalue weighted by atomic mass is 10.5. The van der Waals surface area contributed by atoms with Gasteiger partial charge in [0.15, 0.2) is 0 Å². The fraction of sp³-hybridized carbons (Fsp3) is 0.750. The Kier molecular flexibility index (Phi) is 2.83. The molecular weight excluding hydrogens is 112 g/mol. The summed E-state index contributed by atoms with van der Waals surface area (Å²) in [7, 11) is 0. The molecule has 0 unspecified atom stereocenters. The SMILES string of the molecule is CC(C)OC(=O)S. The highest BCUT2D eigenvalue weighted by atomic mass is 32.1. The van der Waals surface area contributed by atoms with Gasteiger partial charge in [0.25, 0.3) is 0 Å². The fourth-order valence-electron chi connectivity index (χ4n) is 0.202. The number of ether oxygens (including phenoxy) is 1. The first kappa shape index (κ1) is 6.82. The maximum Gasteiger partial charge on any atom is 0.364 e. The molecule has 0 saturated carbocycles. The van der Waals surface area contributed by atoms with Crippen LogP contribution in [-0.4, -0.2) is 11.4 Å². The summed E-state index contributed by atoms with van der Waals surface area (Å²) in [6, 6.07) is 0. The number of thiol groups is 1. The van der Waals surface area contributed by atoms with E-state index in [9.17, 15) is 4.79 Å². The number of hydrogen-bond donors (Lipinski definition) is 1. The third kappa shape index (κ3) is 5.82. The van der Waals surface area contributed by atoms with Gasteiger partial charge in [-0.05, 0) is 13.8 Å². The Balaban J connectivity index is 3.13.